The standard InChI is InChI=1S/C12H22/c1-10(2,3)12(5)8-11(4)7-6-9(11)12/h9H,6-8H2,1-5H3. The Labute approximate surface area is 76.7 Å². The number of hydrogen-bond donors (Lipinski definition) is 0. The Kier molecular flexibility index (Phi) is 1.37. The van der Waals surface area contributed by atoms with Crippen molar-refractivity contribution in [3.63, 3.8) is 0 Å². The van der Waals surface area contributed by atoms with Crippen LogP contribution < -0.4 is 0 Å². The molecule has 0 aromatic rings. The fourth-order valence-electron chi connectivity index (χ4n) is 3.70. The molecule has 0 saturated heterocycles. The van der Waals surface area contributed by atoms with Gasteiger partial charge in [-0.3, -0.25) is 0 Å². The Morgan fingerprint density at radius 2 is 1.75 bits per heavy atom. The van der Waals surface area contributed by atoms with Gasteiger partial charge in [-0.1, -0.05) is 34.6 Å². The van der Waals surface area contributed by atoms with Gasteiger partial charge in [0.25, 0.3) is 0 Å². The first-order chi connectivity index (χ1) is 5.30. The summed E-state index contributed by atoms with van der Waals surface area (Å²) in [6.45, 7) is 12.2. The summed E-state index contributed by atoms with van der Waals surface area (Å²) in [6, 6.07) is 0. The molecular weight excluding hydrogens is 144 g/mol. The molecule has 2 aliphatic carbocycles. The van der Waals surface area contributed by atoms with Crippen molar-refractivity contribution in [2.75, 3.05) is 0 Å². The zero-order valence-corrected chi connectivity index (χ0v) is 9.20. The Balaban J connectivity index is 2.18. The van der Waals surface area contributed by atoms with E-state index < -0.39 is 0 Å². The second-order valence-corrected chi connectivity index (χ2v) is 6.59. The van der Waals surface area contributed by atoms with Crippen LogP contribution >= 0.6 is 0 Å². The molecule has 70 valence electrons. The molecule has 0 nitrogen and oxygen atoms in total. The van der Waals surface area contributed by atoms with Crippen LogP contribution in [-0.2, 0) is 0 Å². The Morgan fingerprint density at radius 1 is 1.17 bits per heavy atom. The number of hydrogen-bond acceptors (Lipinski definition) is 0. The first-order valence-electron chi connectivity index (χ1n) is 5.30. The fraction of sp³-hybridized carbons (Fsp3) is 1.00. The third-order valence-corrected chi connectivity index (χ3v) is 5.10. The summed E-state index contributed by atoms with van der Waals surface area (Å²) in [6.07, 6.45) is 4.45. The van der Waals surface area contributed by atoms with Crippen molar-refractivity contribution in [3.8, 4) is 0 Å². The average Bonchev–Trinajstić information content (AvgIpc) is 1.83. The van der Waals surface area contributed by atoms with Crippen molar-refractivity contribution in [3.05, 3.63) is 0 Å². The molecule has 0 bridgehead atoms. The zero-order chi connectivity index (χ0) is 9.20. The highest BCUT2D eigenvalue weighted by Crippen LogP contribution is 2.74. The van der Waals surface area contributed by atoms with Gasteiger partial charge in [0.05, 0.1) is 0 Å². The lowest BCUT2D eigenvalue weighted by Gasteiger charge is -2.72. The molecule has 2 aliphatic rings. The van der Waals surface area contributed by atoms with Gasteiger partial charge in [-0.15, -0.1) is 0 Å². The van der Waals surface area contributed by atoms with Crippen molar-refractivity contribution in [1.82, 2.24) is 0 Å². The van der Waals surface area contributed by atoms with Crippen LogP contribution in [0.2, 0.25) is 0 Å². The van der Waals surface area contributed by atoms with Crippen LogP contribution in [0.3, 0.4) is 0 Å². The minimum absolute atomic E-state index is 0.512. The van der Waals surface area contributed by atoms with Gasteiger partial charge in [0.15, 0.2) is 0 Å². The Hall–Kier alpha value is 0. The third kappa shape index (κ3) is 0.744. The van der Waals surface area contributed by atoms with Gasteiger partial charge in [0.1, 0.15) is 0 Å². The minimum Gasteiger partial charge on any atom is -0.0596 e. The van der Waals surface area contributed by atoms with Crippen LogP contribution in [0.1, 0.15) is 53.9 Å². The van der Waals surface area contributed by atoms with Crippen molar-refractivity contribution < 1.29 is 0 Å². The molecule has 0 N–H and O–H groups in total. The van der Waals surface area contributed by atoms with E-state index in [9.17, 15) is 0 Å². The van der Waals surface area contributed by atoms with Crippen LogP contribution in [0.25, 0.3) is 0 Å². The van der Waals surface area contributed by atoms with Crippen LogP contribution in [0.5, 0.6) is 0 Å². The molecule has 2 saturated carbocycles. The first kappa shape index (κ1) is 8.59. The zero-order valence-electron chi connectivity index (χ0n) is 9.20. The molecule has 0 heterocycles. The predicted molar refractivity (Wildman–Crippen MR) is 53.0 cm³/mol. The van der Waals surface area contributed by atoms with Crippen molar-refractivity contribution >= 4 is 0 Å². The van der Waals surface area contributed by atoms with Crippen LogP contribution in [0.15, 0.2) is 0 Å². The maximum atomic E-state index is 2.50. The Bertz CT molecular complexity index is 211. The molecule has 2 rings (SSSR count). The summed E-state index contributed by atoms with van der Waals surface area (Å²) in [7, 11) is 0. The molecule has 0 aromatic carbocycles. The summed E-state index contributed by atoms with van der Waals surface area (Å²) in [5, 5.41) is 0. The monoisotopic (exact) mass is 166 g/mol. The van der Waals surface area contributed by atoms with E-state index in [0.717, 1.165) is 11.3 Å². The highest BCUT2D eigenvalue weighted by molar-refractivity contribution is 5.15. The van der Waals surface area contributed by atoms with Gasteiger partial charge in [-0.25, -0.2) is 0 Å². The molecule has 12 heavy (non-hydrogen) atoms. The van der Waals surface area contributed by atoms with Gasteiger partial charge in [0, 0.05) is 0 Å². The third-order valence-electron chi connectivity index (χ3n) is 5.10. The van der Waals surface area contributed by atoms with Crippen molar-refractivity contribution in [2.45, 2.75) is 53.9 Å². The molecule has 0 amide bonds. The summed E-state index contributed by atoms with van der Waals surface area (Å²) >= 11 is 0. The minimum atomic E-state index is 0.512. The quantitative estimate of drug-likeness (QED) is 0.512. The lowest BCUT2D eigenvalue weighted by atomic mass is 9.33. The summed E-state index contributed by atoms with van der Waals surface area (Å²) in [5.74, 6) is 1.03. The molecule has 3 unspecified atom stereocenters. The molecule has 0 aliphatic heterocycles. The maximum absolute atomic E-state index is 2.50. The second kappa shape index (κ2) is 1.91. The van der Waals surface area contributed by atoms with Crippen molar-refractivity contribution in [2.24, 2.45) is 22.2 Å². The lowest BCUT2D eigenvalue weighted by Crippen LogP contribution is -2.64. The average molecular weight is 166 g/mol. The smallest absolute Gasteiger partial charge is 0.0238 e. The molecule has 0 aromatic heterocycles. The fourth-order valence-corrected chi connectivity index (χ4v) is 3.70. The summed E-state index contributed by atoms with van der Waals surface area (Å²) < 4.78 is 0. The van der Waals surface area contributed by atoms with Gasteiger partial charge >= 0.3 is 0 Å². The van der Waals surface area contributed by atoms with E-state index in [2.05, 4.69) is 34.6 Å². The SMILES string of the molecule is CC12CCC1C(C)(C(C)(C)C)C2. The first-order valence-corrected chi connectivity index (χ1v) is 5.30. The van der Waals surface area contributed by atoms with E-state index >= 15 is 0 Å². The van der Waals surface area contributed by atoms with Crippen molar-refractivity contribution in [1.29, 1.82) is 0 Å². The van der Waals surface area contributed by atoms with Gasteiger partial charge in [-0.2, -0.15) is 0 Å². The largest absolute Gasteiger partial charge is 0.0596 e. The topological polar surface area (TPSA) is 0 Å². The highest BCUT2D eigenvalue weighted by Gasteiger charge is 2.66. The maximum Gasteiger partial charge on any atom is -0.0238 e. The number of rotatable bonds is 0. The molecule has 2 fully saturated rings. The van der Waals surface area contributed by atoms with E-state index in [1.165, 1.54) is 19.3 Å². The normalized spacial score (nSPS) is 52.2. The second-order valence-electron chi connectivity index (χ2n) is 6.59. The summed E-state index contributed by atoms with van der Waals surface area (Å²) in [5.41, 5.74) is 1.90. The van der Waals surface area contributed by atoms with E-state index in [4.69, 9.17) is 0 Å². The van der Waals surface area contributed by atoms with Gasteiger partial charge in [-0.05, 0) is 41.4 Å². The molecular formula is C12H22. The van der Waals surface area contributed by atoms with Crippen LogP contribution in [0.4, 0.5) is 0 Å². The molecule has 0 heteroatoms. The van der Waals surface area contributed by atoms with Crippen LogP contribution in [-0.4, -0.2) is 0 Å². The van der Waals surface area contributed by atoms with E-state index in [-0.39, 0.29) is 0 Å². The van der Waals surface area contributed by atoms with Gasteiger partial charge < -0.3 is 0 Å². The highest BCUT2D eigenvalue weighted by atomic mass is 14.7. The van der Waals surface area contributed by atoms with E-state index in [1.54, 1.807) is 0 Å². The predicted octanol–water partition coefficient (Wildman–Crippen LogP) is 3.86. The molecule has 0 radical (unpaired) electrons. The lowest BCUT2D eigenvalue weighted by molar-refractivity contribution is -0.229. The van der Waals surface area contributed by atoms with Crippen LogP contribution in [0, 0.1) is 22.2 Å². The molecule has 0 spiro atoms. The van der Waals surface area contributed by atoms with E-state index in [0.29, 0.717) is 10.8 Å². The van der Waals surface area contributed by atoms with Gasteiger partial charge in [0.2, 0.25) is 0 Å². The molecule has 3 atom stereocenters. The Morgan fingerprint density at radius 3 is 1.83 bits per heavy atom. The van der Waals surface area contributed by atoms with E-state index in [1.807, 2.05) is 0 Å². The summed E-state index contributed by atoms with van der Waals surface area (Å²) in [4.78, 5) is 0. The number of fused-ring (bicyclic) bond motifs is 1.